The van der Waals surface area contributed by atoms with E-state index in [9.17, 15) is 13.2 Å². The maximum atomic E-state index is 14.9. The molecule has 6 nitrogen and oxygen atoms in total. The van der Waals surface area contributed by atoms with E-state index in [1.165, 1.54) is 30.3 Å². The number of hydrogen-bond donors (Lipinski definition) is 2. The first-order chi connectivity index (χ1) is 17.7. The minimum absolute atomic E-state index is 0.0464. The molecule has 196 valence electrons. The fourth-order valence-electron chi connectivity index (χ4n) is 4.67. The molecule has 0 spiro atoms. The van der Waals surface area contributed by atoms with Crippen LogP contribution >= 0.6 is 0 Å². The molecule has 37 heavy (non-hydrogen) atoms. The molecule has 0 radical (unpaired) electrons. The van der Waals surface area contributed by atoms with Gasteiger partial charge in [-0.25, -0.2) is 22.8 Å². The van der Waals surface area contributed by atoms with Gasteiger partial charge in [0, 0.05) is 31.5 Å². The Balaban J connectivity index is 1.67. The Morgan fingerprint density at radius 2 is 1.76 bits per heavy atom. The number of anilines is 1. The topological polar surface area (TPSA) is 64.0 Å². The van der Waals surface area contributed by atoms with Crippen molar-refractivity contribution in [1.29, 1.82) is 0 Å². The van der Waals surface area contributed by atoms with Crippen molar-refractivity contribution in [1.82, 2.24) is 20.1 Å². The van der Waals surface area contributed by atoms with Gasteiger partial charge in [-0.3, -0.25) is 0 Å². The first-order valence-corrected chi connectivity index (χ1v) is 16.4. The van der Waals surface area contributed by atoms with E-state index in [2.05, 4.69) is 30.3 Å². The van der Waals surface area contributed by atoms with Crippen LogP contribution in [0.15, 0.2) is 36.4 Å². The molecule has 0 bridgehead atoms. The van der Waals surface area contributed by atoms with Gasteiger partial charge in [-0.15, -0.1) is 0 Å². The molecule has 5 rings (SSSR count). The maximum absolute atomic E-state index is 14.9. The lowest BCUT2D eigenvalue weighted by Crippen LogP contribution is -2.36. The van der Waals surface area contributed by atoms with E-state index in [0.717, 1.165) is 32.0 Å². The number of halogens is 3. The zero-order valence-electron chi connectivity index (χ0n) is 21.4. The van der Waals surface area contributed by atoms with Crippen molar-refractivity contribution in [2.24, 2.45) is 0 Å². The van der Waals surface area contributed by atoms with Crippen molar-refractivity contribution < 1.29 is 17.9 Å². The predicted molar refractivity (Wildman–Crippen MR) is 144 cm³/mol. The summed E-state index contributed by atoms with van der Waals surface area (Å²) >= 11 is 0. The summed E-state index contributed by atoms with van der Waals surface area (Å²) in [6.45, 7) is 9.48. The van der Waals surface area contributed by atoms with Gasteiger partial charge >= 0.3 is 0 Å². The molecular formula is C27H32F3N5OSi. The summed E-state index contributed by atoms with van der Waals surface area (Å²) in [5.41, 5.74) is 0.766. The predicted octanol–water partition coefficient (Wildman–Crippen LogP) is 6.15. The molecule has 1 aliphatic heterocycles. The fourth-order valence-corrected chi connectivity index (χ4v) is 5.43. The molecule has 10 heteroatoms. The minimum atomic E-state index is -1.27. The van der Waals surface area contributed by atoms with E-state index in [0.29, 0.717) is 34.2 Å². The molecule has 3 heterocycles. The molecule has 1 fully saturated rings. The minimum Gasteiger partial charge on any atom is -0.366 e. The smallest absolute Gasteiger partial charge is 0.154 e. The van der Waals surface area contributed by atoms with Gasteiger partial charge < -0.3 is 15.4 Å². The number of hydrogen-bond acceptors (Lipinski definition) is 5. The Morgan fingerprint density at radius 3 is 2.46 bits per heavy atom. The van der Waals surface area contributed by atoms with Crippen molar-refractivity contribution in [3.8, 4) is 11.3 Å². The fraction of sp³-hybridized carbons (Fsp3) is 0.407. The number of pyridine rings is 1. The summed E-state index contributed by atoms with van der Waals surface area (Å²) in [6.07, 6.45) is 1.83. The second-order valence-corrected chi connectivity index (χ2v) is 16.4. The van der Waals surface area contributed by atoms with Crippen molar-refractivity contribution in [2.75, 3.05) is 25.0 Å². The van der Waals surface area contributed by atoms with Crippen molar-refractivity contribution >= 4 is 35.7 Å². The van der Waals surface area contributed by atoms with Crippen LogP contribution in [-0.2, 0) is 11.5 Å². The van der Waals surface area contributed by atoms with E-state index in [4.69, 9.17) is 14.8 Å². The first-order valence-electron chi connectivity index (χ1n) is 12.7. The zero-order chi connectivity index (χ0) is 26.2. The van der Waals surface area contributed by atoms with Crippen LogP contribution < -0.4 is 10.6 Å². The highest BCUT2D eigenvalue weighted by atomic mass is 28.3. The van der Waals surface area contributed by atoms with E-state index >= 15 is 0 Å². The molecule has 4 aromatic rings. The van der Waals surface area contributed by atoms with Crippen molar-refractivity contribution in [2.45, 2.75) is 51.3 Å². The van der Waals surface area contributed by atoms with Crippen LogP contribution in [0.5, 0.6) is 0 Å². The Labute approximate surface area is 215 Å². The van der Waals surface area contributed by atoms with Crippen molar-refractivity contribution in [3.05, 3.63) is 53.8 Å². The van der Waals surface area contributed by atoms with Crippen molar-refractivity contribution in [3.63, 3.8) is 0 Å². The van der Waals surface area contributed by atoms with Gasteiger partial charge in [0.15, 0.2) is 5.82 Å². The highest BCUT2D eigenvalue weighted by molar-refractivity contribution is 6.76. The molecule has 0 saturated carbocycles. The van der Waals surface area contributed by atoms with Crippen LogP contribution in [0.3, 0.4) is 0 Å². The SMILES string of the molecule is C[Si](C)(C)CCOCn1nc2c(nc(-c3c(F)cccc3F)c3cc(F)ccc32)c1NC1CCNCC1. The quantitative estimate of drug-likeness (QED) is 0.213. The van der Waals surface area contributed by atoms with Gasteiger partial charge in [0.25, 0.3) is 0 Å². The lowest BCUT2D eigenvalue weighted by Gasteiger charge is -2.25. The van der Waals surface area contributed by atoms with Gasteiger partial charge in [-0.2, -0.15) is 5.10 Å². The average molecular weight is 528 g/mol. The summed E-state index contributed by atoms with van der Waals surface area (Å²) in [4.78, 5) is 4.73. The Morgan fingerprint density at radius 1 is 1.03 bits per heavy atom. The average Bonchev–Trinajstić information content (AvgIpc) is 3.19. The third kappa shape index (κ3) is 5.51. The van der Waals surface area contributed by atoms with E-state index in [1.807, 2.05) is 0 Å². The number of ether oxygens (including phenoxy) is 1. The molecule has 0 atom stereocenters. The monoisotopic (exact) mass is 527 g/mol. The molecule has 1 aliphatic rings. The summed E-state index contributed by atoms with van der Waals surface area (Å²) in [5, 5.41) is 12.6. The second-order valence-electron chi connectivity index (χ2n) is 10.8. The number of aromatic nitrogens is 3. The highest BCUT2D eigenvalue weighted by Gasteiger charge is 2.24. The van der Waals surface area contributed by atoms with Crippen LogP contribution in [0.1, 0.15) is 12.8 Å². The van der Waals surface area contributed by atoms with Crippen LogP contribution in [0.4, 0.5) is 19.0 Å². The van der Waals surface area contributed by atoms with Gasteiger partial charge in [-0.05, 0) is 62.3 Å². The Kier molecular flexibility index (Phi) is 7.24. The molecule has 0 amide bonds. The summed E-state index contributed by atoms with van der Waals surface area (Å²) < 4.78 is 51.9. The number of benzene rings is 2. The number of fused-ring (bicyclic) bond motifs is 3. The third-order valence-corrected chi connectivity index (χ3v) is 8.44. The molecule has 1 saturated heterocycles. The van der Waals surface area contributed by atoms with E-state index in [1.54, 1.807) is 10.7 Å². The standard InChI is InChI=1S/C27H32F3N5OSi/c1-37(2,3)14-13-36-16-35-27(32-18-9-11-31-12-10-18)26-25(34-35)19-8-7-17(28)15-20(19)24(33-26)23-21(29)5-4-6-22(23)30/h4-8,15,18,31-32H,9-14,16H2,1-3H3. The highest BCUT2D eigenvalue weighted by Crippen LogP contribution is 2.37. The largest absolute Gasteiger partial charge is 0.366 e. The van der Waals surface area contributed by atoms with Crippen LogP contribution in [0.25, 0.3) is 33.1 Å². The van der Waals surface area contributed by atoms with E-state index in [-0.39, 0.29) is 24.0 Å². The molecule has 2 aromatic heterocycles. The second kappa shape index (κ2) is 10.4. The number of nitrogens with one attached hydrogen (secondary N) is 2. The van der Waals surface area contributed by atoms with Crippen LogP contribution in [0, 0.1) is 17.5 Å². The lowest BCUT2D eigenvalue weighted by atomic mass is 10.0. The summed E-state index contributed by atoms with van der Waals surface area (Å²) in [7, 11) is -1.27. The van der Waals surface area contributed by atoms with Gasteiger partial charge in [-0.1, -0.05) is 25.7 Å². The van der Waals surface area contributed by atoms with Crippen LogP contribution in [0.2, 0.25) is 25.7 Å². The summed E-state index contributed by atoms with van der Waals surface area (Å²) in [5.74, 6) is -1.40. The number of piperidine rings is 1. The lowest BCUT2D eigenvalue weighted by molar-refractivity contribution is 0.0804. The number of rotatable bonds is 8. The normalized spacial score (nSPS) is 15.1. The molecule has 0 unspecified atom stereocenters. The van der Waals surface area contributed by atoms with Gasteiger partial charge in [0.2, 0.25) is 0 Å². The molecule has 2 N–H and O–H groups in total. The zero-order valence-corrected chi connectivity index (χ0v) is 22.4. The van der Waals surface area contributed by atoms with Gasteiger partial charge in [0.05, 0.1) is 11.3 Å². The maximum Gasteiger partial charge on any atom is 0.154 e. The first kappa shape index (κ1) is 25.7. The Hall–Kier alpha value is -2.95. The van der Waals surface area contributed by atoms with E-state index < -0.39 is 25.5 Å². The van der Waals surface area contributed by atoms with Crippen LogP contribution in [-0.4, -0.2) is 48.6 Å². The van der Waals surface area contributed by atoms with Gasteiger partial charge in [0.1, 0.15) is 35.2 Å². The number of nitrogens with zero attached hydrogens (tertiary/aromatic N) is 3. The third-order valence-electron chi connectivity index (χ3n) is 6.73. The molecule has 2 aromatic carbocycles. The molecule has 0 aliphatic carbocycles. The Bertz CT molecular complexity index is 1410. The summed E-state index contributed by atoms with van der Waals surface area (Å²) in [6, 6.07) is 9.03. The molecular weight excluding hydrogens is 495 g/mol.